The molecule has 1 aliphatic heterocycles. The molecule has 0 radical (unpaired) electrons. The standard InChI is InChI=1S/C12H16BrNO/c1-8(14-2)5-11-7-9-6-10(13)3-4-12(9)15-11/h3-4,6,8,11,14H,5,7H2,1-2H3. The molecule has 0 aliphatic carbocycles. The van der Waals surface area contributed by atoms with Crippen molar-refractivity contribution in [3.8, 4) is 5.75 Å². The Morgan fingerprint density at radius 2 is 2.40 bits per heavy atom. The van der Waals surface area contributed by atoms with Crippen LogP contribution in [0.1, 0.15) is 18.9 Å². The van der Waals surface area contributed by atoms with E-state index in [1.54, 1.807) is 0 Å². The fourth-order valence-corrected chi connectivity index (χ4v) is 2.34. The second-order valence-corrected chi connectivity index (χ2v) is 5.04. The normalized spacial score (nSPS) is 20.9. The van der Waals surface area contributed by atoms with Crippen LogP contribution in [0.5, 0.6) is 5.75 Å². The lowest BCUT2D eigenvalue weighted by Crippen LogP contribution is -2.28. The Bertz CT molecular complexity index is 353. The van der Waals surface area contributed by atoms with Crippen molar-refractivity contribution in [1.82, 2.24) is 5.32 Å². The highest BCUT2D eigenvalue weighted by atomic mass is 79.9. The summed E-state index contributed by atoms with van der Waals surface area (Å²) in [4.78, 5) is 0. The minimum Gasteiger partial charge on any atom is -0.490 e. The summed E-state index contributed by atoms with van der Waals surface area (Å²) in [5, 5.41) is 3.24. The highest BCUT2D eigenvalue weighted by Gasteiger charge is 2.23. The van der Waals surface area contributed by atoms with Crippen molar-refractivity contribution < 1.29 is 4.74 Å². The summed E-state index contributed by atoms with van der Waals surface area (Å²) in [6, 6.07) is 6.73. The number of rotatable bonds is 3. The molecule has 2 rings (SSSR count). The maximum Gasteiger partial charge on any atom is 0.123 e. The van der Waals surface area contributed by atoms with Gasteiger partial charge in [-0.1, -0.05) is 15.9 Å². The lowest BCUT2D eigenvalue weighted by atomic mass is 10.1. The smallest absolute Gasteiger partial charge is 0.123 e. The van der Waals surface area contributed by atoms with Crippen LogP contribution in [0, 0.1) is 0 Å². The quantitative estimate of drug-likeness (QED) is 0.911. The van der Waals surface area contributed by atoms with Gasteiger partial charge < -0.3 is 10.1 Å². The maximum atomic E-state index is 5.87. The van der Waals surface area contributed by atoms with Crippen LogP contribution in [-0.4, -0.2) is 19.2 Å². The number of fused-ring (bicyclic) bond motifs is 1. The molecule has 1 aromatic carbocycles. The number of nitrogens with one attached hydrogen (secondary N) is 1. The number of benzene rings is 1. The third kappa shape index (κ3) is 2.52. The first kappa shape index (κ1) is 11.0. The van der Waals surface area contributed by atoms with Gasteiger partial charge >= 0.3 is 0 Å². The topological polar surface area (TPSA) is 21.3 Å². The molecule has 1 N–H and O–H groups in total. The Balaban J connectivity index is 2.03. The van der Waals surface area contributed by atoms with E-state index < -0.39 is 0 Å². The summed E-state index contributed by atoms with van der Waals surface area (Å²) in [7, 11) is 1.99. The van der Waals surface area contributed by atoms with E-state index in [0.717, 1.165) is 23.1 Å². The van der Waals surface area contributed by atoms with Gasteiger partial charge in [-0.3, -0.25) is 0 Å². The molecule has 2 unspecified atom stereocenters. The molecular weight excluding hydrogens is 254 g/mol. The molecule has 0 spiro atoms. The molecule has 1 aromatic rings. The minimum absolute atomic E-state index is 0.330. The lowest BCUT2D eigenvalue weighted by molar-refractivity contribution is 0.207. The fourth-order valence-electron chi connectivity index (χ4n) is 1.93. The molecule has 0 saturated heterocycles. The van der Waals surface area contributed by atoms with Gasteiger partial charge in [0.1, 0.15) is 11.9 Å². The molecular formula is C12H16BrNO. The van der Waals surface area contributed by atoms with Crippen LogP contribution in [0.15, 0.2) is 22.7 Å². The molecule has 0 fully saturated rings. The third-order valence-electron chi connectivity index (χ3n) is 2.87. The number of hydrogen-bond acceptors (Lipinski definition) is 2. The van der Waals surface area contributed by atoms with E-state index in [1.165, 1.54) is 5.56 Å². The van der Waals surface area contributed by atoms with E-state index in [-0.39, 0.29) is 0 Å². The first-order chi connectivity index (χ1) is 7.19. The zero-order valence-electron chi connectivity index (χ0n) is 9.09. The second kappa shape index (κ2) is 4.54. The van der Waals surface area contributed by atoms with Gasteiger partial charge in [0.25, 0.3) is 0 Å². The number of halogens is 1. The highest BCUT2D eigenvalue weighted by molar-refractivity contribution is 9.10. The van der Waals surface area contributed by atoms with E-state index in [1.807, 2.05) is 19.2 Å². The summed E-state index contributed by atoms with van der Waals surface area (Å²) in [5.41, 5.74) is 1.32. The van der Waals surface area contributed by atoms with E-state index in [4.69, 9.17) is 4.74 Å². The van der Waals surface area contributed by atoms with E-state index in [2.05, 4.69) is 34.2 Å². The molecule has 0 bridgehead atoms. The van der Waals surface area contributed by atoms with Crippen molar-refractivity contribution in [3.05, 3.63) is 28.2 Å². The van der Waals surface area contributed by atoms with Crippen LogP contribution in [0.4, 0.5) is 0 Å². The molecule has 2 nitrogen and oxygen atoms in total. The van der Waals surface area contributed by atoms with E-state index in [0.29, 0.717) is 12.1 Å². The molecule has 15 heavy (non-hydrogen) atoms. The van der Waals surface area contributed by atoms with Crippen molar-refractivity contribution in [2.75, 3.05) is 7.05 Å². The summed E-state index contributed by atoms with van der Waals surface area (Å²) < 4.78 is 7.01. The van der Waals surface area contributed by atoms with Crippen molar-refractivity contribution in [2.45, 2.75) is 31.9 Å². The van der Waals surface area contributed by atoms with E-state index >= 15 is 0 Å². The largest absolute Gasteiger partial charge is 0.490 e. The Morgan fingerprint density at radius 1 is 1.60 bits per heavy atom. The molecule has 2 atom stereocenters. The van der Waals surface area contributed by atoms with Gasteiger partial charge in [0.05, 0.1) is 0 Å². The maximum absolute atomic E-state index is 5.87. The van der Waals surface area contributed by atoms with Gasteiger partial charge in [0, 0.05) is 16.9 Å². The van der Waals surface area contributed by atoms with Crippen molar-refractivity contribution in [3.63, 3.8) is 0 Å². The predicted molar refractivity (Wildman–Crippen MR) is 65.4 cm³/mol. The van der Waals surface area contributed by atoms with Gasteiger partial charge in [-0.05, 0) is 44.2 Å². The summed E-state index contributed by atoms with van der Waals surface area (Å²) in [6.45, 7) is 2.18. The summed E-state index contributed by atoms with van der Waals surface area (Å²) in [5.74, 6) is 1.05. The molecule has 0 saturated carbocycles. The molecule has 1 heterocycles. The summed E-state index contributed by atoms with van der Waals surface area (Å²) in [6.07, 6.45) is 2.42. The molecule has 3 heteroatoms. The SMILES string of the molecule is CNC(C)CC1Cc2cc(Br)ccc2O1. The summed E-state index contributed by atoms with van der Waals surface area (Å²) >= 11 is 3.48. The molecule has 0 aromatic heterocycles. The van der Waals surface area contributed by atoms with Crippen LogP contribution in [0.3, 0.4) is 0 Å². The van der Waals surface area contributed by atoms with Crippen molar-refractivity contribution in [1.29, 1.82) is 0 Å². The monoisotopic (exact) mass is 269 g/mol. The zero-order chi connectivity index (χ0) is 10.8. The lowest BCUT2D eigenvalue weighted by Gasteiger charge is -2.15. The molecule has 82 valence electrons. The first-order valence-corrected chi connectivity index (χ1v) is 6.10. The van der Waals surface area contributed by atoms with Crippen LogP contribution >= 0.6 is 15.9 Å². The average Bonchev–Trinajstić information content (AvgIpc) is 2.59. The van der Waals surface area contributed by atoms with Gasteiger partial charge in [0.2, 0.25) is 0 Å². The van der Waals surface area contributed by atoms with Crippen molar-refractivity contribution in [2.24, 2.45) is 0 Å². The van der Waals surface area contributed by atoms with Crippen LogP contribution in [0.25, 0.3) is 0 Å². The van der Waals surface area contributed by atoms with Gasteiger partial charge in [-0.15, -0.1) is 0 Å². The Morgan fingerprint density at radius 3 is 3.13 bits per heavy atom. The van der Waals surface area contributed by atoms with Crippen LogP contribution in [0.2, 0.25) is 0 Å². The van der Waals surface area contributed by atoms with Gasteiger partial charge in [-0.2, -0.15) is 0 Å². The molecule has 0 amide bonds. The van der Waals surface area contributed by atoms with Gasteiger partial charge in [-0.25, -0.2) is 0 Å². The number of hydrogen-bond donors (Lipinski definition) is 1. The van der Waals surface area contributed by atoms with E-state index in [9.17, 15) is 0 Å². The highest BCUT2D eigenvalue weighted by Crippen LogP contribution is 2.32. The fraction of sp³-hybridized carbons (Fsp3) is 0.500. The zero-order valence-corrected chi connectivity index (χ0v) is 10.7. The minimum atomic E-state index is 0.330. The van der Waals surface area contributed by atoms with Crippen LogP contribution in [-0.2, 0) is 6.42 Å². The number of ether oxygens (including phenoxy) is 1. The predicted octanol–water partition coefficient (Wildman–Crippen LogP) is 2.75. The Labute approximate surface area is 99.1 Å². The Kier molecular flexibility index (Phi) is 3.32. The van der Waals surface area contributed by atoms with Gasteiger partial charge in [0.15, 0.2) is 0 Å². The third-order valence-corrected chi connectivity index (χ3v) is 3.37. The van der Waals surface area contributed by atoms with Crippen molar-refractivity contribution >= 4 is 15.9 Å². The molecule has 1 aliphatic rings. The second-order valence-electron chi connectivity index (χ2n) is 4.12. The Hall–Kier alpha value is -0.540. The van der Waals surface area contributed by atoms with Crippen LogP contribution < -0.4 is 10.1 Å². The first-order valence-electron chi connectivity index (χ1n) is 5.31. The average molecular weight is 270 g/mol.